The van der Waals surface area contributed by atoms with Crippen LogP contribution in [-0.4, -0.2) is 65.7 Å². The first-order valence-electron chi connectivity index (χ1n) is 8.72. The van der Waals surface area contributed by atoms with Crippen molar-refractivity contribution in [2.45, 2.75) is 76.7 Å². The third kappa shape index (κ3) is 5.62. The van der Waals surface area contributed by atoms with Crippen molar-refractivity contribution in [2.75, 3.05) is 26.3 Å². The molecule has 2 fully saturated rings. The Hall–Kier alpha value is -0.850. The van der Waals surface area contributed by atoms with Gasteiger partial charge in [-0.1, -0.05) is 0 Å². The lowest BCUT2D eigenvalue weighted by atomic mass is 10.0. The molecule has 134 valence electrons. The first kappa shape index (κ1) is 18.5. The van der Waals surface area contributed by atoms with Gasteiger partial charge in [0.1, 0.15) is 11.2 Å². The van der Waals surface area contributed by atoms with Crippen LogP contribution in [0, 0.1) is 0 Å². The van der Waals surface area contributed by atoms with Gasteiger partial charge in [0.05, 0.1) is 6.61 Å². The number of aliphatic hydroxyl groups is 1. The van der Waals surface area contributed by atoms with Gasteiger partial charge < -0.3 is 24.8 Å². The minimum Gasteiger partial charge on any atom is -0.444 e. The first-order valence-corrected chi connectivity index (χ1v) is 8.72. The van der Waals surface area contributed by atoms with Gasteiger partial charge in [0.25, 0.3) is 0 Å². The van der Waals surface area contributed by atoms with Crippen molar-refractivity contribution in [1.82, 2.24) is 10.2 Å². The highest BCUT2D eigenvalue weighted by atomic mass is 16.6. The number of rotatable bonds is 5. The molecule has 2 heterocycles. The predicted molar refractivity (Wildman–Crippen MR) is 88.4 cm³/mol. The lowest BCUT2D eigenvalue weighted by Gasteiger charge is -2.31. The number of nitrogens with one attached hydrogen (secondary N) is 1. The quantitative estimate of drug-likeness (QED) is 0.807. The largest absolute Gasteiger partial charge is 0.444 e. The average Bonchev–Trinajstić information content (AvgIpc) is 3.04. The van der Waals surface area contributed by atoms with Gasteiger partial charge in [0.2, 0.25) is 0 Å². The highest BCUT2D eigenvalue weighted by molar-refractivity contribution is 5.68. The zero-order valence-electron chi connectivity index (χ0n) is 14.9. The van der Waals surface area contributed by atoms with Crippen molar-refractivity contribution in [1.29, 1.82) is 0 Å². The van der Waals surface area contributed by atoms with Crippen molar-refractivity contribution in [3.63, 3.8) is 0 Å². The van der Waals surface area contributed by atoms with Crippen LogP contribution in [0.15, 0.2) is 0 Å². The fourth-order valence-electron chi connectivity index (χ4n) is 3.23. The molecule has 2 N–H and O–H groups in total. The smallest absolute Gasteiger partial charge is 0.410 e. The SMILES string of the molecule is CC(CC1CCCN1C(=O)OC(C)(C)C)NCC1(O)CCOC1. The third-order valence-electron chi connectivity index (χ3n) is 4.49. The van der Waals surface area contributed by atoms with E-state index in [-0.39, 0.29) is 18.2 Å². The Balaban J connectivity index is 1.79. The number of hydrogen-bond acceptors (Lipinski definition) is 5. The van der Waals surface area contributed by atoms with Crippen molar-refractivity contribution >= 4 is 6.09 Å². The maximum Gasteiger partial charge on any atom is 0.410 e. The van der Waals surface area contributed by atoms with Gasteiger partial charge in [-0.05, 0) is 47.0 Å². The van der Waals surface area contributed by atoms with E-state index in [1.54, 1.807) is 0 Å². The molecule has 0 aromatic heterocycles. The molecule has 1 amide bonds. The minimum atomic E-state index is -0.741. The van der Waals surface area contributed by atoms with Crippen LogP contribution in [0.3, 0.4) is 0 Å². The van der Waals surface area contributed by atoms with Gasteiger partial charge in [0, 0.05) is 38.2 Å². The number of ether oxygens (including phenoxy) is 2. The maximum atomic E-state index is 12.3. The highest BCUT2D eigenvalue weighted by Crippen LogP contribution is 2.24. The first-order chi connectivity index (χ1) is 10.7. The Morgan fingerprint density at radius 1 is 1.52 bits per heavy atom. The van der Waals surface area contributed by atoms with E-state index in [0.717, 1.165) is 25.8 Å². The molecule has 3 unspecified atom stereocenters. The zero-order chi connectivity index (χ0) is 17.1. The molecule has 0 aromatic rings. The van der Waals surface area contributed by atoms with E-state index in [9.17, 15) is 9.90 Å². The van der Waals surface area contributed by atoms with Gasteiger partial charge in [-0.2, -0.15) is 0 Å². The van der Waals surface area contributed by atoms with E-state index in [4.69, 9.17) is 9.47 Å². The normalized spacial score (nSPS) is 29.8. The number of nitrogens with zero attached hydrogens (tertiary/aromatic N) is 1. The molecule has 3 atom stereocenters. The van der Waals surface area contributed by atoms with Crippen molar-refractivity contribution < 1.29 is 19.4 Å². The summed E-state index contributed by atoms with van der Waals surface area (Å²) in [5.74, 6) is 0. The molecule has 0 radical (unpaired) electrons. The Labute approximate surface area is 139 Å². The summed E-state index contributed by atoms with van der Waals surface area (Å²) < 4.78 is 10.8. The van der Waals surface area contributed by atoms with Crippen molar-refractivity contribution in [3.8, 4) is 0 Å². The van der Waals surface area contributed by atoms with Crippen molar-refractivity contribution in [2.24, 2.45) is 0 Å². The summed E-state index contributed by atoms with van der Waals surface area (Å²) in [6.45, 7) is 10.1. The fraction of sp³-hybridized carbons (Fsp3) is 0.941. The summed E-state index contributed by atoms with van der Waals surface area (Å²) >= 11 is 0. The van der Waals surface area contributed by atoms with Crippen LogP contribution in [0.25, 0.3) is 0 Å². The Bertz CT molecular complexity index is 402. The number of carbonyl (C=O) groups excluding carboxylic acids is 1. The van der Waals surface area contributed by atoms with E-state index >= 15 is 0 Å². The Morgan fingerprint density at radius 2 is 2.26 bits per heavy atom. The molecule has 0 saturated carbocycles. The molecule has 0 bridgehead atoms. The molecule has 0 aromatic carbocycles. The Morgan fingerprint density at radius 3 is 2.87 bits per heavy atom. The molecule has 23 heavy (non-hydrogen) atoms. The number of hydrogen-bond donors (Lipinski definition) is 2. The standard InChI is InChI=1S/C17H32N2O4/c1-13(18-11-17(21)7-9-22-12-17)10-14-6-5-8-19(14)15(20)23-16(2,3)4/h13-14,18,21H,5-12H2,1-4H3. The van der Waals surface area contributed by atoms with E-state index in [0.29, 0.717) is 26.2 Å². The summed E-state index contributed by atoms with van der Waals surface area (Å²) in [6.07, 6.45) is 3.37. The molecule has 6 heteroatoms. The van der Waals surface area contributed by atoms with Crippen LogP contribution in [0.4, 0.5) is 4.79 Å². The van der Waals surface area contributed by atoms with Crippen molar-refractivity contribution in [3.05, 3.63) is 0 Å². The number of carbonyl (C=O) groups is 1. The molecular weight excluding hydrogens is 296 g/mol. The summed E-state index contributed by atoms with van der Waals surface area (Å²) in [6, 6.07) is 0.439. The lowest BCUT2D eigenvalue weighted by molar-refractivity contribution is 0.0179. The number of amides is 1. The van der Waals surface area contributed by atoms with Gasteiger partial charge in [0.15, 0.2) is 0 Å². The maximum absolute atomic E-state index is 12.3. The van der Waals surface area contributed by atoms with Crippen LogP contribution in [0.5, 0.6) is 0 Å². The highest BCUT2D eigenvalue weighted by Gasteiger charge is 2.35. The average molecular weight is 328 g/mol. The second-order valence-electron chi connectivity index (χ2n) is 8.01. The molecule has 0 spiro atoms. The molecule has 2 aliphatic rings. The van der Waals surface area contributed by atoms with Crippen LogP contribution in [0.2, 0.25) is 0 Å². The molecule has 0 aliphatic carbocycles. The number of likely N-dealkylation sites (tertiary alicyclic amines) is 1. The van der Waals surface area contributed by atoms with E-state index in [1.807, 2.05) is 25.7 Å². The zero-order valence-corrected chi connectivity index (χ0v) is 14.9. The molecular formula is C17H32N2O4. The Kier molecular flexibility index (Phi) is 5.92. The monoisotopic (exact) mass is 328 g/mol. The molecule has 6 nitrogen and oxygen atoms in total. The van der Waals surface area contributed by atoms with E-state index < -0.39 is 11.2 Å². The van der Waals surface area contributed by atoms with Gasteiger partial charge in [-0.3, -0.25) is 0 Å². The minimum absolute atomic E-state index is 0.210. The van der Waals surface area contributed by atoms with Crippen LogP contribution >= 0.6 is 0 Å². The lowest BCUT2D eigenvalue weighted by Crippen LogP contribution is -2.47. The van der Waals surface area contributed by atoms with Gasteiger partial charge in [-0.15, -0.1) is 0 Å². The van der Waals surface area contributed by atoms with Gasteiger partial charge in [-0.25, -0.2) is 4.79 Å². The molecule has 2 saturated heterocycles. The van der Waals surface area contributed by atoms with Crippen LogP contribution in [-0.2, 0) is 9.47 Å². The molecule has 2 aliphatic heterocycles. The summed E-state index contributed by atoms with van der Waals surface area (Å²) in [5.41, 5.74) is -1.20. The van der Waals surface area contributed by atoms with Crippen LogP contribution in [0.1, 0.15) is 53.4 Å². The molecule has 2 rings (SSSR count). The topological polar surface area (TPSA) is 71.0 Å². The summed E-state index contributed by atoms with van der Waals surface area (Å²) in [4.78, 5) is 14.2. The summed E-state index contributed by atoms with van der Waals surface area (Å²) in [5, 5.41) is 13.7. The van der Waals surface area contributed by atoms with E-state index in [1.165, 1.54) is 0 Å². The van der Waals surface area contributed by atoms with Gasteiger partial charge >= 0.3 is 6.09 Å². The van der Waals surface area contributed by atoms with Crippen LogP contribution < -0.4 is 5.32 Å². The second kappa shape index (κ2) is 7.36. The second-order valence-corrected chi connectivity index (χ2v) is 8.01. The van der Waals surface area contributed by atoms with E-state index in [2.05, 4.69) is 12.2 Å². The fourth-order valence-corrected chi connectivity index (χ4v) is 3.23. The third-order valence-corrected chi connectivity index (χ3v) is 4.49. The summed E-state index contributed by atoms with van der Waals surface area (Å²) in [7, 11) is 0. The predicted octanol–water partition coefficient (Wildman–Crippen LogP) is 1.91.